The maximum Gasteiger partial charge on any atom is 0.0818 e. The van der Waals surface area contributed by atoms with E-state index in [4.69, 9.17) is 0 Å². The van der Waals surface area contributed by atoms with Crippen LogP contribution in [-0.4, -0.2) is 5.11 Å². The first kappa shape index (κ1) is 10.3. The summed E-state index contributed by atoms with van der Waals surface area (Å²) in [6.45, 7) is 6.36. The molecular weight excluding hydrogens is 160 g/mol. The summed E-state index contributed by atoms with van der Waals surface area (Å²) in [5.41, 5.74) is 1.02. The Kier molecular flexibility index (Phi) is 3.49. The molecule has 13 heavy (non-hydrogen) atoms. The maximum absolute atomic E-state index is 9.96. The monoisotopic (exact) mass is 178 g/mol. The van der Waals surface area contributed by atoms with E-state index in [0.717, 1.165) is 5.56 Å². The van der Waals surface area contributed by atoms with Crippen molar-refractivity contribution in [3.8, 4) is 0 Å². The van der Waals surface area contributed by atoms with Gasteiger partial charge in [-0.15, -0.1) is 0 Å². The zero-order chi connectivity index (χ0) is 9.84. The molecule has 0 spiro atoms. The number of rotatable bonds is 3. The third kappa shape index (κ3) is 2.56. The number of benzene rings is 1. The lowest BCUT2D eigenvalue weighted by Crippen LogP contribution is -2.14. The van der Waals surface area contributed by atoms with Gasteiger partial charge in [-0.1, -0.05) is 51.1 Å². The Balaban J connectivity index is 2.73. The Bertz CT molecular complexity index is 241. The first-order valence-electron chi connectivity index (χ1n) is 4.86. The molecule has 1 heteroatoms. The Hall–Kier alpha value is -0.820. The van der Waals surface area contributed by atoms with Crippen LogP contribution in [0, 0.1) is 11.8 Å². The Morgan fingerprint density at radius 1 is 1.00 bits per heavy atom. The zero-order valence-electron chi connectivity index (χ0n) is 8.57. The van der Waals surface area contributed by atoms with Crippen molar-refractivity contribution < 1.29 is 5.11 Å². The van der Waals surface area contributed by atoms with Crippen molar-refractivity contribution in [1.29, 1.82) is 0 Å². The molecule has 1 aromatic carbocycles. The third-order valence-electron chi connectivity index (χ3n) is 2.69. The van der Waals surface area contributed by atoms with Crippen LogP contribution in [-0.2, 0) is 0 Å². The van der Waals surface area contributed by atoms with Gasteiger partial charge in [-0.2, -0.15) is 0 Å². The summed E-state index contributed by atoms with van der Waals surface area (Å²) in [4.78, 5) is 0. The van der Waals surface area contributed by atoms with Crippen molar-refractivity contribution in [3.05, 3.63) is 35.9 Å². The van der Waals surface area contributed by atoms with E-state index in [2.05, 4.69) is 20.8 Å². The molecule has 0 radical (unpaired) electrons. The lowest BCUT2D eigenvalue weighted by molar-refractivity contribution is 0.0921. The van der Waals surface area contributed by atoms with E-state index < -0.39 is 0 Å². The average molecular weight is 178 g/mol. The van der Waals surface area contributed by atoms with Gasteiger partial charge in [0.25, 0.3) is 0 Å². The van der Waals surface area contributed by atoms with Gasteiger partial charge in [0.1, 0.15) is 0 Å². The van der Waals surface area contributed by atoms with Gasteiger partial charge in [0.2, 0.25) is 0 Å². The van der Waals surface area contributed by atoms with Crippen LogP contribution in [0.25, 0.3) is 0 Å². The third-order valence-corrected chi connectivity index (χ3v) is 2.69. The van der Waals surface area contributed by atoms with Crippen molar-refractivity contribution in [3.63, 3.8) is 0 Å². The number of hydrogen-bond acceptors (Lipinski definition) is 1. The smallest absolute Gasteiger partial charge is 0.0818 e. The van der Waals surface area contributed by atoms with E-state index >= 15 is 0 Å². The minimum atomic E-state index is -0.332. The van der Waals surface area contributed by atoms with Gasteiger partial charge in [-0.05, 0) is 17.4 Å². The van der Waals surface area contributed by atoms with E-state index in [9.17, 15) is 5.11 Å². The lowest BCUT2D eigenvalue weighted by atomic mass is 9.88. The van der Waals surface area contributed by atoms with E-state index in [0.29, 0.717) is 11.8 Å². The summed E-state index contributed by atoms with van der Waals surface area (Å²) in [5.74, 6) is 0.817. The molecule has 1 rings (SSSR count). The molecule has 2 atom stereocenters. The fourth-order valence-electron chi connectivity index (χ4n) is 1.32. The summed E-state index contributed by atoms with van der Waals surface area (Å²) in [6.07, 6.45) is -0.332. The molecule has 2 unspecified atom stereocenters. The molecule has 0 amide bonds. The standard InChI is InChI=1S/C12H18O/c1-9(2)10(3)12(13)11-7-5-4-6-8-11/h4-10,12-13H,1-3H3. The molecular formula is C12H18O. The Morgan fingerprint density at radius 3 is 2.00 bits per heavy atom. The highest BCUT2D eigenvalue weighted by Gasteiger charge is 2.18. The number of hydrogen-bond donors (Lipinski definition) is 1. The van der Waals surface area contributed by atoms with Crippen LogP contribution in [0.3, 0.4) is 0 Å². The highest BCUT2D eigenvalue weighted by Crippen LogP contribution is 2.26. The highest BCUT2D eigenvalue weighted by atomic mass is 16.3. The van der Waals surface area contributed by atoms with Crippen molar-refractivity contribution in [2.45, 2.75) is 26.9 Å². The first-order chi connectivity index (χ1) is 6.13. The molecule has 1 N–H and O–H groups in total. The van der Waals surface area contributed by atoms with Gasteiger partial charge in [0.05, 0.1) is 6.10 Å². The molecule has 72 valence electrons. The molecule has 0 aromatic heterocycles. The second-order valence-corrected chi connectivity index (χ2v) is 3.96. The minimum absolute atomic E-state index is 0.308. The van der Waals surface area contributed by atoms with E-state index in [1.807, 2.05) is 30.3 Å². The van der Waals surface area contributed by atoms with Gasteiger partial charge in [0.15, 0.2) is 0 Å². The van der Waals surface area contributed by atoms with Crippen LogP contribution < -0.4 is 0 Å². The topological polar surface area (TPSA) is 20.2 Å². The van der Waals surface area contributed by atoms with Crippen molar-refractivity contribution >= 4 is 0 Å². The van der Waals surface area contributed by atoms with Gasteiger partial charge in [0, 0.05) is 0 Å². The summed E-state index contributed by atoms with van der Waals surface area (Å²) < 4.78 is 0. The molecule has 0 aliphatic rings. The van der Waals surface area contributed by atoms with Crippen molar-refractivity contribution in [2.75, 3.05) is 0 Å². The van der Waals surface area contributed by atoms with Crippen LogP contribution >= 0.6 is 0 Å². The van der Waals surface area contributed by atoms with Crippen LogP contribution in [0.4, 0.5) is 0 Å². The normalized spacial score (nSPS) is 15.8. The highest BCUT2D eigenvalue weighted by molar-refractivity contribution is 5.17. The summed E-state index contributed by atoms with van der Waals surface area (Å²) >= 11 is 0. The Labute approximate surface area is 80.4 Å². The molecule has 0 aliphatic carbocycles. The van der Waals surface area contributed by atoms with Crippen molar-refractivity contribution in [1.82, 2.24) is 0 Å². The Morgan fingerprint density at radius 2 is 1.54 bits per heavy atom. The second kappa shape index (κ2) is 4.43. The van der Waals surface area contributed by atoms with Gasteiger partial charge < -0.3 is 5.11 Å². The summed E-state index contributed by atoms with van der Waals surface area (Å²) in [6, 6.07) is 9.85. The quantitative estimate of drug-likeness (QED) is 0.754. The fourth-order valence-corrected chi connectivity index (χ4v) is 1.32. The van der Waals surface area contributed by atoms with Crippen LogP contribution in [0.2, 0.25) is 0 Å². The molecule has 0 saturated carbocycles. The van der Waals surface area contributed by atoms with E-state index in [1.165, 1.54) is 0 Å². The molecule has 0 saturated heterocycles. The van der Waals surface area contributed by atoms with Crippen molar-refractivity contribution in [2.24, 2.45) is 11.8 Å². The van der Waals surface area contributed by atoms with E-state index in [-0.39, 0.29) is 6.10 Å². The molecule has 1 nitrogen and oxygen atoms in total. The van der Waals surface area contributed by atoms with E-state index in [1.54, 1.807) is 0 Å². The zero-order valence-corrected chi connectivity index (χ0v) is 8.57. The predicted molar refractivity (Wildman–Crippen MR) is 55.4 cm³/mol. The van der Waals surface area contributed by atoms with Gasteiger partial charge in [-0.3, -0.25) is 0 Å². The van der Waals surface area contributed by atoms with Crippen LogP contribution in [0.15, 0.2) is 30.3 Å². The van der Waals surface area contributed by atoms with Crippen LogP contribution in [0.1, 0.15) is 32.4 Å². The number of aliphatic hydroxyl groups excluding tert-OH is 1. The summed E-state index contributed by atoms with van der Waals surface area (Å²) in [5, 5.41) is 9.96. The lowest BCUT2D eigenvalue weighted by Gasteiger charge is -2.22. The molecule has 0 heterocycles. The predicted octanol–water partition coefficient (Wildman–Crippen LogP) is 3.01. The molecule has 1 aromatic rings. The maximum atomic E-state index is 9.96. The number of aliphatic hydroxyl groups is 1. The largest absolute Gasteiger partial charge is 0.388 e. The van der Waals surface area contributed by atoms with Gasteiger partial charge >= 0.3 is 0 Å². The average Bonchev–Trinajstić information content (AvgIpc) is 2.17. The second-order valence-electron chi connectivity index (χ2n) is 3.96. The first-order valence-corrected chi connectivity index (χ1v) is 4.86. The van der Waals surface area contributed by atoms with Crippen LogP contribution in [0.5, 0.6) is 0 Å². The molecule has 0 aliphatic heterocycles. The fraction of sp³-hybridized carbons (Fsp3) is 0.500. The minimum Gasteiger partial charge on any atom is -0.388 e. The molecule has 0 fully saturated rings. The SMILES string of the molecule is CC(C)C(C)C(O)c1ccccc1. The summed E-state index contributed by atoms with van der Waals surface area (Å²) in [7, 11) is 0. The molecule has 0 bridgehead atoms. The van der Waals surface area contributed by atoms with Gasteiger partial charge in [-0.25, -0.2) is 0 Å².